The molecule has 0 saturated carbocycles. The molecule has 0 unspecified atom stereocenters. The van der Waals surface area contributed by atoms with Crippen molar-refractivity contribution in [2.24, 2.45) is 0 Å². The molecular formula is C17H14F4N4O2S. The zero-order chi connectivity index (χ0) is 20.5. The van der Waals surface area contributed by atoms with Crippen molar-refractivity contribution in [1.29, 1.82) is 5.26 Å². The van der Waals surface area contributed by atoms with E-state index >= 15 is 0 Å². The first kappa shape index (κ1) is 20.0. The molecule has 11 heteroatoms. The fourth-order valence-electron chi connectivity index (χ4n) is 2.86. The SMILES string of the molecule is N#Cc1ccc(N2CCN(S(=O)(=O)c3ccc(F)c(C(F)(F)F)c3)CC2)cn1. The fourth-order valence-corrected chi connectivity index (χ4v) is 4.31. The summed E-state index contributed by atoms with van der Waals surface area (Å²) >= 11 is 0. The number of alkyl halides is 3. The second-order valence-electron chi connectivity index (χ2n) is 6.04. The largest absolute Gasteiger partial charge is 0.419 e. The first-order chi connectivity index (χ1) is 13.1. The summed E-state index contributed by atoms with van der Waals surface area (Å²) < 4.78 is 78.5. The van der Waals surface area contributed by atoms with E-state index in [1.165, 1.54) is 12.3 Å². The zero-order valence-electron chi connectivity index (χ0n) is 14.3. The third kappa shape index (κ3) is 3.93. The van der Waals surface area contributed by atoms with E-state index in [9.17, 15) is 26.0 Å². The molecule has 0 atom stereocenters. The molecule has 2 aromatic rings. The van der Waals surface area contributed by atoms with Gasteiger partial charge < -0.3 is 4.90 Å². The van der Waals surface area contributed by atoms with Gasteiger partial charge in [-0.2, -0.15) is 22.7 Å². The van der Waals surface area contributed by atoms with Gasteiger partial charge in [-0.25, -0.2) is 17.8 Å². The summed E-state index contributed by atoms with van der Waals surface area (Å²) in [5.74, 6) is -1.52. The normalized spacial score (nSPS) is 16.0. The number of hydrogen-bond acceptors (Lipinski definition) is 5. The smallest absolute Gasteiger partial charge is 0.368 e. The van der Waals surface area contributed by atoms with E-state index in [1.807, 2.05) is 11.0 Å². The summed E-state index contributed by atoms with van der Waals surface area (Å²) in [5, 5.41) is 8.76. The van der Waals surface area contributed by atoms with Gasteiger partial charge in [0, 0.05) is 26.2 Å². The lowest BCUT2D eigenvalue weighted by Crippen LogP contribution is -2.48. The van der Waals surface area contributed by atoms with E-state index in [0.717, 1.165) is 10.4 Å². The van der Waals surface area contributed by atoms with E-state index in [-0.39, 0.29) is 18.8 Å². The summed E-state index contributed by atoms with van der Waals surface area (Å²) in [6.07, 6.45) is -3.49. The Bertz CT molecular complexity index is 1010. The number of benzene rings is 1. The summed E-state index contributed by atoms with van der Waals surface area (Å²) in [6, 6.07) is 6.78. The van der Waals surface area contributed by atoms with Crippen LogP contribution in [0.1, 0.15) is 11.3 Å². The highest BCUT2D eigenvalue weighted by Crippen LogP contribution is 2.33. The van der Waals surface area contributed by atoms with E-state index in [2.05, 4.69) is 4.98 Å². The van der Waals surface area contributed by atoms with Gasteiger partial charge in [0.25, 0.3) is 0 Å². The van der Waals surface area contributed by atoms with Gasteiger partial charge in [-0.1, -0.05) is 0 Å². The van der Waals surface area contributed by atoms with Gasteiger partial charge >= 0.3 is 6.18 Å². The predicted molar refractivity (Wildman–Crippen MR) is 91.3 cm³/mol. The Morgan fingerprint density at radius 2 is 1.75 bits per heavy atom. The highest BCUT2D eigenvalue weighted by molar-refractivity contribution is 7.89. The van der Waals surface area contributed by atoms with E-state index in [1.54, 1.807) is 6.07 Å². The molecule has 0 N–H and O–H groups in total. The van der Waals surface area contributed by atoms with Gasteiger partial charge in [0.05, 0.1) is 22.3 Å². The monoisotopic (exact) mass is 414 g/mol. The molecule has 0 bridgehead atoms. The van der Waals surface area contributed by atoms with Crippen molar-refractivity contribution in [2.45, 2.75) is 11.1 Å². The highest BCUT2D eigenvalue weighted by Gasteiger charge is 2.36. The lowest BCUT2D eigenvalue weighted by atomic mass is 10.2. The average Bonchev–Trinajstić information content (AvgIpc) is 2.67. The van der Waals surface area contributed by atoms with Crippen molar-refractivity contribution in [3.63, 3.8) is 0 Å². The van der Waals surface area contributed by atoms with Crippen LogP contribution in [0.5, 0.6) is 0 Å². The summed E-state index contributed by atoms with van der Waals surface area (Å²) in [6.45, 7) is 0.669. The number of rotatable bonds is 3. The van der Waals surface area contributed by atoms with Gasteiger partial charge in [0.2, 0.25) is 10.0 Å². The van der Waals surface area contributed by atoms with Crippen LogP contribution >= 0.6 is 0 Å². The minimum atomic E-state index is -4.99. The Labute approximate surface area is 158 Å². The van der Waals surface area contributed by atoms with Crippen LogP contribution in [0, 0.1) is 17.1 Å². The number of anilines is 1. The van der Waals surface area contributed by atoms with Gasteiger partial charge in [0.15, 0.2) is 0 Å². The second kappa shape index (κ2) is 7.37. The molecule has 3 rings (SSSR count). The fraction of sp³-hybridized carbons (Fsp3) is 0.294. The Kier molecular flexibility index (Phi) is 5.27. The highest BCUT2D eigenvalue weighted by atomic mass is 32.2. The van der Waals surface area contributed by atoms with Gasteiger partial charge in [-0.3, -0.25) is 0 Å². The molecule has 1 saturated heterocycles. The molecule has 1 aromatic heterocycles. The second-order valence-corrected chi connectivity index (χ2v) is 7.98. The quantitative estimate of drug-likeness (QED) is 0.722. The number of nitriles is 1. The molecular weight excluding hydrogens is 400 g/mol. The molecule has 0 amide bonds. The minimum Gasteiger partial charge on any atom is -0.368 e. The molecule has 1 aliphatic heterocycles. The van der Waals surface area contributed by atoms with E-state index in [4.69, 9.17) is 5.26 Å². The van der Waals surface area contributed by atoms with E-state index < -0.39 is 32.5 Å². The zero-order valence-corrected chi connectivity index (χ0v) is 15.1. The molecule has 28 heavy (non-hydrogen) atoms. The van der Waals surface area contributed by atoms with Crippen molar-refractivity contribution in [3.05, 3.63) is 53.6 Å². The van der Waals surface area contributed by atoms with Crippen molar-refractivity contribution < 1.29 is 26.0 Å². The van der Waals surface area contributed by atoms with Crippen molar-refractivity contribution >= 4 is 15.7 Å². The molecule has 148 valence electrons. The Hall–Kier alpha value is -2.71. The summed E-state index contributed by atoms with van der Waals surface area (Å²) in [5.41, 5.74) is -0.658. The van der Waals surface area contributed by atoms with Crippen LogP contribution in [-0.4, -0.2) is 43.9 Å². The number of nitrogens with zero attached hydrogens (tertiary/aromatic N) is 4. The van der Waals surface area contributed by atoms with Crippen LogP contribution in [0.25, 0.3) is 0 Å². The van der Waals surface area contributed by atoms with Crippen molar-refractivity contribution in [2.75, 3.05) is 31.1 Å². The van der Waals surface area contributed by atoms with E-state index in [0.29, 0.717) is 30.9 Å². The topological polar surface area (TPSA) is 77.3 Å². The number of hydrogen-bond donors (Lipinski definition) is 0. The van der Waals surface area contributed by atoms with Crippen molar-refractivity contribution in [3.8, 4) is 6.07 Å². The van der Waals surface area contributed by atoms with Crippen LogP contribution in [0.2, 0.25) is 0 Å². The number of piperazine rings is 1. The van der Waals surface area contributed by atoms with Crippen LogP contribution in [0.15, 0.2) is 41.4 Å². The molecule has 0 spiro atoms. The first-order valence-corrected chi connectivity index (χ1v) is 9.55. The maximum atomic E-state index is 13.4. The van der Waals surface area contributed by atoms with Crippen LogP contribution < -0.4 is 4.90 Å². The maximum absolute atomic E-state index is 13.4. The molecule has 0 radical (unpaired) electrons. The summed E-state index contributed by atoms with van der Waals surface area (Å²) in [7, 11) is -4.20. The molecule has 0 aliphatic carbocycles. The molecule has 2 heterocycles. The predicted octanol–water partition coefficient (Wildman–Crippen LogP) is 2.62. The van der Waals surface area contributed by atoms with Gasteiger partial charge in [-0.05, 0) is 30.3 Å². The molecule has 1 aromatic carbocycles. The third-order valence-corrected chi connectivity index (χ3v) is 6.24. The number of halogens is 4. The maximum Gasteiger partial charge on any atom is 0.419 e. The first-order valence-electron chi connectivity index (χ1n) is 8.11. The molecule has 1 fully saturated rings. The Morgan fingerprint density at radius 1 is 1.07 bits per heavy atom. The Morgan fingerprint density at radius 3 is 2.29 bits per heavy atom. The lowest BCUT2D eigenvalue weighted by Gasteiger charge is -2.35. The minimum absolute atomic E-state index is 0.0427. The average molecular weight is 414 g/mol. The molecule has 1 aliphatic rings. The standard InChI is InChI=1S/C17H14F4N4O2S/c18-16-4-3-14(9-15(16)17(19,20)21)28(26,27)25-7-5-24(6-8-25)13-2-1-12(10-22)23-11-13/h1-4,9,11H,5-8H2. The van der Waals surface area contributed by atoms with Crippen LogP contribution in [-0.2, 0) is 16.2 Å². The summed E-state index contributed by atoms with van der Waals surface area (Å²) in [4.78, 5) is 5.20. The number of pyridine rings is 1. The third-order valence-electron chi connectivity index (χ3n) is 4.35. The van der Waals surface area contributed by atoms with Crippen molar-refractivity contribution in [1.82, 2.24) is 9.29 Å². The lowest BCUT2D eigenvalue weighted by molar-refractivity contribution is -0.140. The molecule has 6 nitrogen and oxygen atoms in total. The van der Waals surface area contributed by atoms with Crippen LogP contribution in [0.4, 0.5) is 23.2 Å². The Balaban J connectivity index is 1.77. The van der Waals surface area contributed by atoms with Gasteiger partial charge in [-0.15, -0.1) is 0 Å². The van der Waals surface area contributed by atoms with Gasteiger partial charge in [0.1, 0.15) is 17.6 Å². The van der Waals surface area contributed by atoms with Crippen LogP contribution in [0.3, 0.4) is 0 Å². The number of aromatic nitrogens is 1. The number of sulfonamides is 1.